The first-order valence-corrected chi connectivity index (χ1v) is 12.4. The summed E-state index contributed by atoms with van der Waals surface area (Å²) in [5, 5.41) is 16.6. The number of aromatic nitrogens is 2. The van der Waals surface area contributed by atoms with Crippen molar-refractivity contribution < 1.29 is 9.66 Å². The minimum atomic E-state index is -0.557. The highest BCUT2D eigenvalue weighted by Crippen LogP contribution is 2.36. The van der Waals surface area contributed by atoms with E-state index in [0.717, 1.165) is 22.0 Å². The molecule has 0 fully saturated rings. The zero-order valence-electron chi connectivity index (χ0n) is 19.6. The van der Waals surface area contributed by atoms with Crippen molar-refractivity contribution in [3.05, 3.63) is 107 Å². The fourth-order valence-electron chi connectivity index (χ4n) is 3.73. The molecule has 0 N–H and O–H groups in total. The molecule has 0 aliphatic heterocycles. The third-order valence-corrected chi connectivity index (χ3v) is 6.15. The summed E-state index contributed by atoms with van der Waals surface area (Å²) in [5.74, 6) is 0.466. The lowest BCUT2D eigenvalue weighted by Gasteiger charge is -2.11. The smallest absolute Gasteiger partial charge is 0.313 e. The molecule has 0 bridgehead atoms. The van der Waals surface area contributed by atoms with Crippen LogP contribution in [0.2, 0.25) is 5.02 Å². The van der Waals surface area contributed by atoms with Gasteiger partial charge in [0.05, 0.1) is 27.1 Å². The van der Waals surface area contributed by atoms with Crippen LogP contribution in [0.3, 0.4) is 0 Å². The summed E-state index contributed by atoms with van der Waals surface area (Å²) < 4.78 is 7.70. The van der Waals surface area contributed by atoms with Crippen LogP contribution in [-0.4, -0.2) is 20.8 Å². The van der Waals surface area contributed by atoms with Gasteiger partial charge in [0.1, 0.15) is 12.4 Å². The first-order chi connectivity index (χ1) is 17.3. The van der Waals surface area contributed by atoms with E-state index in [2.05, 4.69) is 26.0 Å². The van der Waals surface area contributed by atoms with Crippen LogP contribution >= 0.6 is 27.5 Å². The van der Waals surface area contributed by atoms with Gasteiger partial charge in [0.2, 0.25) is 5.75 Å². The molecule has 4 aromatic rings. The Morgan fingerprint density at radius 3 is 2.75 bits per heavy atom. The maximum absolute atomic E-state index is 13.2. The highest BCUT2D eigenvalue weighted by atomic mass is 79.9. The van der Waals surface area contributed by atoms with E-state index in [1.54, 1.807) is 12.1 Å². The molecule has 1 aromatic heterocycles. The van der Waals surface area contributed by atoms with Crippen LogP contribution in [0.5, 0.6) is 5.75 Å². The molecule has 0 aliphatic carbocycles. The number of nitro groups is 1. The molecule has 0 saturated carbocycles. The van der Waals surface area contributed by atoms with E-state index >= 15 is 0 Å². The van der Waals surface area contributed by atoms with Crippen molar-refractivity contribution in [1.82, 2.24) is 9.66 Å². The maximum Gasteiger partial charge on any atom is 0.313 e. The summed E-state index contributed by atoms with van der Waals surface area (Å²) in [6.07, 6.45) is 2.65. The number of hydrogen-bond donors (Lipinski definition) is 0. The lowest BCUT2D eigenvalue weighted by Crippen LogP contribution is -2.22. The molecule has 0 atom stereocenters. The fraction of sp³-hybridized carbons (Fsp3) is 0.192. The minimum Gasteiger partial charge on any atom is -0.481 e. The third-order valence-electron chi connectivity index (χ3n) is 5.38. The maximum atomic E-state index is 13.2. The molecular formula is C26H22BrClN4O4. The second kappa shape index (κ2) is 11.0. The van der Waals surface area contributed by atoms with Gasteiger partial charge >= 0.3 is 5.69 Å². The molecule has 0 spiro atoms. The van der Waals surface area contributed by atoms with E-state index < -0.39 is 4.92 Å². The molecule has 0 amide bonds. The fourth-order valence-corrected chi connectivity index (χ4v) is 4.37. The number of ether oxygens (including phenoxy) is 1. The number of fused-ring (bicyclic) bond motifs is 1. The minimum absolute atomic E-state index is 0.0265. The van der Waals surface area contributed by atoms with Crippen LogP contribution in [-0.2, 0) is 13.0 Å². The van der Waals surface area contributed by atoms with E-state index in [1.165, 1.54) is 23.0 Å². The van der Waals surface area contributed by atoms with E-state index in [-0.39, 0.29) is 28.6 Å². The van der Waals surface area contributed by atoms with E-state index in [9.17, 15) is 14.9 Å². The molecule has 4 rings (SSSR count). The predicted molar refractivity (Wildman–Crippen MR) is 144 cm³/mol. The van der Waals surface area contributed by atoms with E-state index in [1.807, 2.05) is 44.2 Å². The first kappa shape index (κ1) is 25.5. The average molecular weight is 570 g/mol. The number of nitro benzene ring substituents is 1. The standard InChI is InChI=1S/C26H22BrClN4O4/c1-3-5-24-30-22-9-8-19(27)13-20(22)26(33)31(24)29-14-18-11-21(28)25(23(12-18)32(34)35)36-15-17-7-4-6-16(2)10-17/h4,6-14H,3,5,15H2,1-2H3. The van der Waals surface area contributed by atoms with Crippen molar-refractivity contribution in [3.63, 3.8) is 0 Å². The number of rotatable bonds is 8. The molecule has 10 heteroatoms. The van der Waals surface area contributed by atoms with Gasteiger partial charge in [-0.2, -0.15) is 9.78 Å². The summed E-state index contributed by atoms with van der Waals surface area (Å²) >= 11 is 9.77. The molecule has 36 heavy (non-hydrogen) atoms. The van der Waals surface area contributed by atoms with Crippen LogP contribution in [0.15, 0.2) is 69.0 Å². The topological polar surface area (TPSA) is 99.6 Å². The van der Waals surface area contributed by atoms with Gasteiger partial charge in [-0.3, -0.25) is 14.9 Å². The number of aryl methyl sites for hydroxylation is 2. The number of nitrogens with zero attached hydrogens (tertiary/aromatic N) is 4. The van der Waals surface area contributed by atoms with Crippen LogP contribution in [0.25, 0.3) is 10.9 Å². The van der Waals surface area contributed by atoms with Gasteiger partial charge in [0.25, 0.3) is 5.56 Å². The second-order valence-corrected chi connectivity index (χ2v) is 9.51. The Kier molecular flexibility index (Phi) is 7.81. The zero-order valence-corrected chi connectivity index (χ0v) is 21.9. The van der Waals surface area contributed by atoms with Gasteiger partial charge in [0.15, 0.2) is 0 Å². The van der Waals surface area contributed by atoms with Gasteiger partial charge in [0, 0.05) is 22.5 Å². The molecule has 184 valence electrons. The van der Waals surface area contributed by atoms with Crippen molar-refractivity contribution in [2.45, 2.75) is 33.3 Å². The van der Waals surface area contributed by atoms with Gasteiger partial charge < -0.3 is 4.74 Å². The Balaban J connectivity index is 1.71. The van der Waals surface area contributed by atoms with Crippen LogP contribution in [0.1, 0.15) is 35.9 Å². The summed E-state index contributed by atoms with van der Waals surface area (Å²) in [6, 6.07) is 15.8. The molecule has 0 aliphatic rings. The molecule has 8 nitrogen and oxygen atoms in total. The zero-order chi connectivity index (χ0) is 25.8. The Hall–Kier alpha value is -3.56. The normalized spacial score (nSPS) is 11.3. The lowest BCUT2D eigenvalue weighted by atomic mass is 10.1. The number of benzene rings is 3. The SMILES string of the molecule is CCCc1nc2ccc(Br)cc2c(=O)n1N=Cc1cc(Cl)c(OCc2cccc(C)c2)c([N+](=O)[O-])c1. The van der Waals surface area contributed by atoms with Crippen LogP contribution in [0.4, 0.5) is 5.69 Å². The van der Waals surface area contributed by atoms with Gasteiger partial charge in [-0.05, 0) is 43.2 Å². The Bertz CT molecular complexity index is 1550. The van der Waals surface area contributed by atoms with E-state index in [0.29, 0.717) is 28.7 Å². The highest BCUT2D eigenvalue weighted by Gasteiger charge is 2.21. The van der Waals surface area contributed by atoms with Crippen molar-refractivity contribution >= 4 is 50.3 Å². The average Bonchev–Trinajstić information content (AvgIpc) is 2.83. The summed E-state index contributed by atoms with van der Waals surface area (Å²) in [5.41, 5.74) is 2.21. The molecule has 3 aromatic carbocycles. The number of hydrogen-bond acceptors (Lipinski definition) is 6. The monoisotopic (exact) mass is 568 g/mol. The van der Waals surface area contributed by atoms with Crippen molar-refractivity contribution in [1.29, 1.82) is 0 Å². The van der Waals surface area contributed by atoms with Gasteiger partial charge in [-0.1, -0.05) is 64.3 Å². The quantitative estimate of drug-likeness (QED) is 0.138. The lowest BCUT2D eigenvalue weighted by molar-refractivity contribution is -0.385. The summed E-state index contributed by atoms with van der Waals surface area (Å²) in [7, 11) is 0. The molecule has 0 unspecified atom stereocenters. The molecule has 0 saturated heterocycles. The molecular weight excluding hydrogens is 548 g/mol. The molecule has 1 heterocycles. The summed E-state index contributed by atoms with van der Waals surface area (Å²) in [4.78, 5) is 29.0. The predicted octanol–water partition coefficient (Wildman–Crippen LogP) is 6.44. The highest BCUT2D eigenvalue weighted by molar-refractivity contribution is 9.10. The molecule has 0 radical (unpaired) electrons. The Labute approximate surface area is 220 Å². The van der Waals surface area contributed by atoms with Crippen molar-refractivity contribution in [2.75, 3.05) is 0 Å². The number of halogens is 2. The Morgan fingerprint density at radius 1 is 1.22 bits per heavy atom. The van der Waals surface area contributed by atoms with Crippen molar-refractivity contribution in [2.24, 2.45) is 5.10 Å². The second-order valence-electron chi connectivity index (χ2n) is 8.19. The van der Waals surface area contributed by atoms with Crippen LogP contribution in [0, 0.1) is 17.0 Å². The van der Waals surface area contributed by atoms with Gasteiger partial charge in [-0.15, -0.1) is 0 Å². The van der Waals surface area contributed by atoms with E-state index in [4.69, 9.17) is 16.3 Å². The summed E-state index contributed by atoms with van der Waals surface area (Å²) in [6.45, 7) is 4.06. The van der Waals surface area contributed by atoms with Crippen molar-refractivity contribution in [3.8, 4) is 5.75 Å². The van der Waals surface area contributed by atoms with Gasteiger partial charge in [-0.25, -0.2) is 4.98 Å². The first-order valence-electron chi connectivity index (χ1n) is 11.2. The Morgan fingerprint density at radius 2 is 2.03 bits per heavy atom. The van der Waals surface area contributed by atoms with Crippen LogP contribution < -0.4 is 10.3 Å². The largest absolute Gasteiger partial charge is 0.481 e. The third kappa shape index (κ3) is 5.63.